The Labute approximate surface area is 211 Å². The Kier molecular flexibility index (Phi) is 11.0. The van der Waals surface area contributed by atoms with E-state index in [1.165, 1.54) is 63.8 Å². The lowest BCUT2D eigenvalue weighted by Gasteiger charge is -2.34. The molecule has 0 aromatic heterocycles. The van der Waals surface area contributed by atoms with E-state index in [9.17, 15) is 0 Å². The number of halogens is 1. The topological polar surface area (TPSA) is 52.1 Å². The maximum Gasteiger partial charge on any atom is 0.191 e. The molecule has 3 saturated heterocycles. The highest BCUT2D eigenvalue weighted by Gasteiger charge is 2.26. The van der Waals surface area contributed by atoms with Gasteiger partial charge in [0.15, 0.2) is 5.96 Å². The third-order valence-electron chi connectivity index (χ3n) is 7.00. The van der Waals surface area contributed by atoms with Crippen LogP contribution in [0.15, 0.2) is 35.3 Å². The average Bonchev–Trinajstić information content (AvgIpc) is 3.46. The third-order valence-corrected chi connectivity index (χ3v) is 7.00. The summed E-state index contributed by atoms with van der Waals surface area (Å²) in [6.45, 7) is 11.6. The quantitative estimate of drug-likeness (QED) is 0.293. The van der Waals surface area contributed by atoms with Gasteiger partial charge in [-0.15, -0.1) is 24.0 Å². The van der Waals surface area contributed by atoms with Crippen molar-refractivity contribution in [1.82, 2.24) is 20.4 Å². The minimum absolute atomic E-state index is 0. The van der Waals surface area contributed by atoms with E-state index in [4.69, 9.17) is 9.73 Å². The number of aliphatic imine (C=N–C) groups is 1. The molecule has 1 aromatic rings. The van der Waals surface area contributed by atoms with Crippen molar-refractivity contribution in [2.75, 3.05) is 52.5 Å². The van der Waals surface area contributed by atoms with E-state index in [1.54, 1.807) is 0 Å². The number of likely N-dealkylation sites (tertiary alicyclic amines) is 2. The van der Waals surface area contributed by atoms with Gasteiger partial charge in [-0.25, -0.2) is 0 Å². The molecule has 0 saturated carbocycles. The van der Waals surface area contributed by atoms with Gasteiger partial charge in [0.1, 0.15) is 0 Å². The summed E-state index contributed by atoms with van der Waals surface area (Å²) in [5.74, 6) is 1.74. The first-order valence-corrected chi connectivity index (χ1v) is 12.4. The first-order valence-electron chi connectivity index (χ1n) is 12.4. The number of hydrogen-bond donors (Lipinski definition) is 2. The number of guanidine groups is 1. The Bertz CT molecular complexity index is 674. The van der Waals surface area contributed by atoms with E-state index in [2.05, 4.69) is 57.7 Å². The van der Waals surface area contributed by atoms with Crippen molar-refractivity contribution in [3.8, 4) is 0 Å². The predicted molar refractivity (Wildman–Crippen MR) is 143 cm³/mol. The summed E-state index contributed by atoms with van der Waals surface area (Å²) in [5.41, 5.74) is 1.40. The molecule has 32 heavy (non-hydrogen) atoms. The fourth-order valence-corrected chi connectivity index (χ4v) is 5.19. The molecule has 4 rings (SSSR count). The Morgan fingerprint density at radius 1 is 1.09 bits per heavy atom. The summed E-state index contributed by atoms with van der Waals surface area (Å²) in [7, 11) is 0. The molecular formula is C25H42IN5O. The zero-order chi connectivity index (χ0) is 21.3. The average molecular weight is 556 g/mol. The van der Waals surface area contributed by atoms with Crippen LogP contribution in [0.3, 0.4) is 0 Å². The molecule has 0 bridgehead atoms. The Morgan fingerprint density at radius 3 is 2.62 bits per heavy atom. The van der Waals surface area contributed by atoms with Crippen LogP contribution in [0.25, 0.3) is 0 Å². The standard InChI is InChI=1S/C25H41N5O.HI/c1-2-26-25(28-23-10-14-29(15-11-23)18-22-12-16-31-20-22)27-17-24-9-6-13-30(24)19-21-7-4-3-5-8-21;/h3-5,7-8,22-24H,2,6,9-20H2,1H3,(H2,26,27,28);1H. The maximum absolute atomic E-state index is 5.54. The third kappa shape index (κ3) is 7.85. The summed E-state index contributed by atoms with van der Waals surface area (Å²) in [6.07, 6.45) is 6.15. The number of rotatable bonds is 8. The van der Waals surface area contributed by atoms with Gasteiger partial charge < -0.3 is 20.3 Å². The second-order valence-electron chi connectivity index (χ2n) is 9.42. The second-order valence-corrected chi connectivity index (χ2v) is 9.42. The Hall–Kier alpha value is -0.900. The SMILES string of the molecule is CCNC(=NCC1CCCN1Cc1ccccc1)NC1CCN(CC2CCOC2)CC1.I. The first-order chi connectivity index (χ1) is 15.3. The number of nitrogens with zero attached hydrogens (tertiary/aromatic N) is 3. The number of ether oxygens (including phenoxy) is 1. The van der Waals surface area contributed by atoms with Gasteiger partial charge in [-0.05, 0) is 57.1 Å². The number of nitrogens with one attached hydrogen (secondary N) is 2. The Balaban J connectivity index is 0.00000289. The van der Waals surface area contributed by atoms with E-state index in [1.807, 2.05) is 0 Å². The van der Waals surface area contributed by atoms with Gasteiger partial charge in [0.25, 0.3) is 0 Å². The Morgan fingerprint density at radius 2 is 1.91 bits per heavy atom. The van der Waals surface area contributed by atoms with Crippen LogP contribution in [0.5, 0.6) is 0 Å². The van der Waals surface area contributed by atoms with Crippen molar-refractivity contribution < 1.29 is 4.74 Å². The van der Waals surface area contributed by atoms with Gasteiger partial charge in [0.2, 0.25) is 0 Å². The van der Waals surface area contributed by atoms with Gasteiger partial charge in [0, 0.05) is 51.4 Å². The van der Waals surface area contributed by atoms with Crippen LogP contribution in [0.4, 0.5) is 0 Å². The summed E-state index contributed by atoms with van der Waals surface area (Å²) in [4.78, 5) is 10.2. The lowest BCUT2D eigenvalue weighted by molar-refractivity contribution is 0.150. The molecule has 2 atom stereocenters. The van der Waals surface area contributed by atoms with Crippen molar-refractivity contribution in [3.05, 3.63) is 35.9 Å². The van der Waals surface area contributed by atoms with Crippen molar-refractivity contribution in [1.29, 1.82) is 0 Å². The normalized spacial score (nSPS) is 25.6. The highest BCUT2D eigenvalue weighted by Crippen LogP contribution is 2.21. The second kappa shape index (κ2) is 13.7. The molecule has 0 radical (unpaired) electrons. The van der Waals surface area contributed by atoms with Crippen LogP contribution < -0.4 is 10.6 Å². The fourth-order valence-electron chi connectivity index (χ4n) is 5.19. The summed E-state index contributed by atoms with van der Waals surface area (Å²) in [6, 6.07) is 11.9. The zero-order valence-electron chi connectivity index (χ0n) is 19.7. The molecule has 0 amide bonds. The number of piperidine rings is 1. The maximum atomic E-state index is 5.54. The van der Waals surface area contributed by atoms with E-state index in [0.717, 1.165) is 44.7 Å². The molecule has 1 aromatic carbocycles. The van der Waals surface area contributed by atoms with Crippen molar-refractivity contribution >= 4 is 29.9 Å². The summed E-state index contributed by atoms with van der Waals surface area (Å²) >= 11 is 0. The molecular weight excluding hydrogens is 513 g/mol. The van der Waals surface area contributed by atoms with Crippen LogP contribution in [0.2, 0.25) is 0 Å². The van der Waals surface area contributed by atoms with Gasteiger partial charge in [-0.1, -0.05) is 30.3 Å². The van der Waals surface area contributed by atoms with Crippen LogP contribution in [-0.2, 0) is 11.3 Å². The molecule has 180 valence electrons. The van der Waals surface area contributed by atoms with Crippen LogP contribution in [-0.4, -0.2) is 80.3 Å². The number of benzene rings is 1. The lowest BCUT2D eigenvalue weighted by atomic mass is 10.0. The molecule has 6 nitrogen and oxygen atoms in total. The monoisotopic (exact) mass is 555 g/mol. The molecule has 2 unspecified atom stereocenters. The smallest absolute Gasteiger partial charge is 0.191 e. The first kappa shape index (κ1) is 25.7. The number of hydrogen-bond acceptors (Lipinski definition) is 4. The minimum atomic E-state index is 0. The highest BCUT2D eigenvalue weighted by molar-refractivity contribution is 14.0. The zero-order valence-corrected chi connectivity index (χ0v) is 22.0. The molecule has 3 aliphatic rings. The summed E-state index contributed by atoms with van der Waals surface area (Å²) in [5, 5.41) is 7.21. The van der Waals surface area contributed by atoms with Gasteiger partial charge in [-0.2, -0.15) is 0 Å². The molecule has 0 spiro atoms. The highest BCUT2D eigenvalue weighted by atomic mass is 127. The van der Waals surface area contributed by atoms with Crippen molar-refractivity contribution in [2.24, 2.45) is 10.9 Å². The van der Waals surface area contributed by atoms with Crippen LogP contribution in [0, 0.1) is 5.92 Å². The fraction of sp³-hybridized carbons (Fsp3) is 0.720. The van der Waals surface area contributed by atoms with E-state index < -0.39 is 0 Å². The van der Waals surface area contributed by atoms with Gasteiger partial charge >= 0.3 is 0 Å². The van der Waals surface area contributed by atoms with E-state index in [-0.39, 0.29) is 24.0 Å². The predicted octanol–water partition coefficient (Wildman–Crippen LogP) is 3.33. The minimum Gasteiger partial charge on any atom is -0.381 e. The van der Waals surface area contributed by atoms with E-state index >= 15 is 0 Å². The van der Waals surface area contributed by atoms with Gasteiger partial charge in [0.05, 0.1) is 13.2 Å². The molecule has 0 aliphatic carbocycles. The van der Waals surface area contributed by atoms with Crippen molar-refractivity contribution in [3.63, 3.8) is 0 Å². The largest absolute Gasteiger partial charge is 0.381 e. The van der Waals surface area contributed by atoms with Gasteiger partial charge in [-0.3, -0.25) is 9.89 Å². The van der Waals surface area contributed by atoms with E-state index in [0.29, 0.717) is 12.1 Å². The molecule has 2 N–H and O–H groups in total. The molecule has 3 aliphatic heterocycles. The van der Waals surface area contributed by atoms with Crippen molar-refractivity contribution in [2.45, 2.75) is 57.7 Å². The van der Waals surface area contributed by atoms with Crippen LogP contribution in [0.1, 0.15) is 44.6 Å². The molecule has 3 fully saturated rings. The summed E-state index contributed by atoms with van der Waals surface area (Å²) < 4.78 is 5.54. The molecule has 3 heterocycles. The van der Waals surface area contributed by atoms with Crippen LogP contribution >= 0.6 is 24.0 Å². The molecule has 7 heteroatoms. The lowest BCUT2D eigenvalue weighted by Crippen LogP contribution is -2.49.